The number of fused-ring (bicyclic) bond motifs is 1. The molecule has 0 aliphatic heterocycles. The predicted molar refractivity (Wildman–Crippen MR) is 74.5 cm³/mol. The van der Waals surface area contributed by atoms with E-state index in [1.165, 1.54) is 6.07 Å². The minimum absolute atomic E-state index is 0.0189. The van der Waals surface area contributed by atoms with Gasteiger partial charge < -0.3 is 24.8 Å². The molecule has 0 fully saturated rings. The van der Waals surface area contributed by atoms with E-state index < -0.39 is 40.0 Å². The summed E-state index contributed by atoms with van der Waals surface area (Å²) in [5.41, 5.74) is -1.43. The van der Waals surface area contributed by atoms with Gasteiger partial charge in [-0.1, -0.05) is 0 Å². The van der Waals surface area contributed by atoms with Crippen LogP contribution in [-0.4, -0.2) is 20.4 Å². The van der Waals surface area contributed by atoms with Gasteiger partial charge in [0, 0.05) is 5.56 Å². The van der Waals surface area contributed by atoms with E-state index in [1.807, 2.05) is 0 Å². The summed E-state index contributed by atoms with van der Waals surface area (Å²) in [4.78, 5) is 12.0. The van der Waals surface area contributed by atoms with Gasteiger partial charge in [-0.3, -0.25) is 4.79 Å². The summed E-state index contributed by atoms with van der Waals surface area (Å²) < 4.78 is 19.4. The highest BCUT2D eigenvalue weighted by Gasteiger charge is 2.20. The normalized spacial score (nSPS) is 11.0. The molecule has 3 rings (SSSR count). The topological polar surface area (TPSA) is 111 Å². The third kappa shape index (κ3) is 1.91. The molecular formula is C15H9FO6. The van der Waals surface area contributed by atoms with E-state index in [4.69, 9.17) is 4.42 Å². The van der Waals surface area contributed by atoms with Crippen LogP contribution in [0.1, 0.15) is 0 Å². The summed E-state index contributed by atoms with van der Waals surface area (Å²) in [6.07, 6.45) is 0. The largest absolute Gasteiger partial charge is 0.504 e. The van der Waals surface area contributed by atoms with Gasteiger partial charge in [-0.05, 0) is 30.3 Å². The molecule has 0 saturated carbocycles. The summed E-state index contributed by atoms with van der Waals surface area (Å²) in [6.45, 7) is 0. The molecule has 0 aliphatic rings. The van der Waals surface area contributed by atoms with Crippen molar-refractivity contribution in [2.45, 2.75) is 0 Å². The van der Waals surface area contributed by atoms with Gasteiger partial charge in [-0.2, -0.15) is 4.39 Å². The van der Waals surface area contributed by atoms with Crippen LogP contribution in [0.15, 0.2) is 39.5 Å². The molecule has 0 radical (unpaired) electrons. The van der Waals surface area contributed by atoms with Gasteiger partial charge in [0.2, 0.25) is 17.0 Å². The molecule has 112 valence electrons. The van der Waals surface area contributed by atoms with Crippen LogP contribution in [0.25, 0.3) is 22.3 Å². The van der Waals surface area contributed by atoms with E-state index in [2.05, 4.69) is 0 Å². The SMILES string of the molecule is O=c1c(F)c(-c2ccc(O)c(O)c2)oc2c(O)c(O)ccc12. The first kappa shape index (κ1) is 13.7. The molecule has 7 heteroatoms. The number of aromatic hydroxyl groups is 4. The molecule has 4 N–H and O–H groups in total. The molecule has 1 heterocycles. The van der Waals surface area contributed by atoms with Crippen molar-refractivity contribution >= 4 is 11.0 Å². The first-order valence-corrected chi connectivity index (χ1v) is 6.09. The van der Waals surface area contributed by atoms with Crippen LogP contribution in [0.5, 0.6) is 23.0 Å². The Bertz CT molecular complexity index is 960. The van der Waals surface area contributed by atoms with E-state index in [0.29, 0.717) is 0 Å². The average Bonchev–Trinajstić information content (AvgIpc) is 2.49. The van der Waals surface area contributed by atoms with Crippen molar-refractivity contribution in [1.29, 1.82) is 0 Å². The third-order valence-electron chi connectivity index (χ3n) is 3.20. The number of phenolic OH excluding ortho intramolecular Hbond substituents is 4. The van der Waals surface area contributed by atoms with Crippen LogP contribution < -0.4 is 5.43 Å². The van der Waals surface area contributed by atoms with Crippen LogP contribution in [0.4, 0.5) is 4.39 Å². The van der Waals surface area contributed by atoms with Crippen molar-refractivity contribution in [3.8, 4) is 34.3 Å². The summed E-state index contributed by atoms with van der Waals surface area (Å²) in [7, 11) is 0. The second-order valence-electron chi connectivity index (χ2n) is 4.59. The van der Waals surface area contributed by atoms with E-state index in [9.17, 15) is 29.6 Å². The van der Waals surface area contributed by atoms with Gasteiger partial charge in [0.25, 0.3) is 0 Å². The minimum Gasteiger partial charge on any atom is -0.504 e. The lowest BCUT2D eigenvalue weighted by Crippen LogP contribution is -2.08. The van der Waals surface area contributed by atoms with Crippen molar-refractivity contribution in [2.75, 3.05) is 0 Å². The molecule has 2 aromatic carbocycles. The Morgan fingerprint density at radius 3 is 2.27 bits per heavy atom. The highest BCUT2D eigenvalue weighted by atomic mass is 19.1. The highest BCUT2D eigenvalue weighted by molar-refractivity contribution is 5.86. The van der Waals surface area contributed by atoms with Crippen molar-refractivity contribution in [1.82, 2.24) is 0 Å². The zero-order valence-electron chi connectivity index (χ0n) is 10.9. The number of hydrogen-bond acceptors (Lipinski definition) is 6. The van der Waals surface area contributed by atoms with E-state index in [0.717, 1.165) is 24.3 Å². The van der Waals surface area contributed by atoms with Crippen LogP contribution in [0, 0.1) is 5.82 Å². The monoisotopic (exact) mass is 304 g/mol. The maximum Gasteiger partial charge on any atom is 0.229 e. The Labute approximate surface area is 121 Å². The third-order valence-corrected chi connectivity index (χ3v) is 3.20. The van der Waals surface area contributed by atoms with Crippen LogP contribution in [-0.2, 0) is 0 Å². The van der Waals surface area contributed by atoms with Gasteiger partial charge in [-0.25, -0.2) is 0 Å². The van der Waals surface area contributed by atoms with Gasteiger partial charge in [0.05, 0.1) is 5.39 Å². The molecule has 0 unspecified atom stereocenters. The second-order valence-corrected chi connectivity index (χ2v) is 4.59. The quantitative estimate of drug-likeness (QED) is 0.514. The number of benzene rings is 2. The first-order chi connectivity index (χ1) is 10.4. The number of halogens is 1. The summed E-state index contributed by atoms with van der Waals surface area (Å²) in [5, 5.41) is 37.7. The summed E-state index contributed by atoms with van der Waals surface area (Å²) in [6, 6.07) is 5.48. The van der Waals surface area contributed by atoms with Gasteiger partial charge >= 0.3 is 0 Å². The Balaban J connectivity index is 2.39. The zero-order chi connectivity index (χ0) is 16.0. The molecule has 0 aliphatic carbocycles. The zero-order valence-corrected chi connectivity index (χ0v) is 10.9. The summed E-state index contributed by atoms with van der Waals surface area (Å²) in [5.74, 6) is -3.93. The second kappa shape index (κ2) is 4.66. The smallest absolute Gasteiger partial charge is 0.229 e. The first-order valence-electron chi connectivity index (χ1n) is 6.09. The molecule has 0 spiro atoms. The van der Waals surface area contributed by atoms with Crippen LogP contribution in [0.3, 0.4) is 0 Å². The van der Waals surface area contributed by atoms with E-state index >= 15 is 0 Å². The Morgan fingerprint density at radius 2 is 1.59 bits per heavy atom. The molecule has 1 aromatic heterocycles. The fraction of sp³-hybridized carbons (Fsp3) is 0. The van der Waals surface area contributed by atoms with E-state index in [1.54, 1.807) is 0 Å². The Kier molecular flexibility index (Phi) is 2.91. The van der Waals surface area contributed by atoms with Crippen molar-refractivity contribution in [2.24, 2.45) is 0 Å². The highest BCUT2D eigenvalue weighted by Crippen LogP contribution is 2.37. The van der Waals surface area contributed by atoms with Crippen molar-refractivity contribution in [3.63, 3.8) is 0 Å². The molecular weight excluding hydrogens is 295 g/mol. The average molecular weight is 304 g/mol. The van der Waals surface area contributed by atoms with Crippen molar-refractivity contribution < 1.29 is 29.2 Å². The van der Waals surface area contributed by atoms with Gasteiger partial charge in [-0.15, -0.1) is 0 Å². The van der Waals surface area contributed by atoms with Gasteiger partial charge in [0.1, 0.15) is 0 Å². The molecule has 0 saturated heterocycles. The van der Waals surface area contributed by atoms with Crippen LogP contribution in [0.2, 0.25) is 0 Å². The summed E-state index contributed by atoms with van der Waals surface area (Å²) >= 11 is 0. The molecule has 0 bridgehead atoms. The number of rotatable bonds is 1. The van der Waals surface area contributed by atoms with Crippen molar-refractivity contribution in [3.05, 3.63) is 46.4 Å². The molecule has 6 nitrogen and oxygen atoms in total. The lowest BCUT2D eigenvalue weighted by molar-refractivity contribution is 0.398. The molecule has 0 atom stereocenters. The van der Waals surface area contributed by atoms with Gasteiger partial charge in [0.15, 0.2) is 28.6 Å². The molecule has 0 amide bonds. The predicted octanol–water partition coefficient (Wildman–Crippen LogP) is 2.42. The maximum atomic E-state index is 14.2. The Hall–Kier alpha value is -3.22. The lowest BCUT2D eigenvalue weighted by atomic mass is 10.1. The fourth-order valence-corrected chi connectivity index (χ4v) is 2.06. The maximum absolute atomic E-state index is 14.2. The fourth-order valence-electron chi connectivity index (χ4n) is 2.06. The van der Waals surface area contributed by atoms with E-state index in [-0.39, 0.29) is 16.5 Å². The molecule has 22 heavy (non-hydrogen) atoms. The number of hydrogen-bond donors (Lipinski definition) is 4. The Morgan fingerprint density at radius 1 is 0.909 bits per heavy atom. The standard InChI is InChI=1S/C15H9FO6/c16-11-12(20)7-2-4-9(18)13(21)15(7)22-14(11)6-1-3-8(17)10(19)5-6/h1-5,17-19,21H. The van der Waals surface area contributed by atoms with Crippen LogP contribution >= 0.6 is 0 Å². The number of phenols is 4. The lowest BCUT2D eigenvalue weighted by Gasteiger charge is -2.07. The molecule has 3 aromatic rings. The minimum atomic E-state index is -1.22.